The second-order valence-electron chi connectivity index (χ2n) is 4.53. The molecule has 1 heterocycles. The molecule has 0 aliphatic rings. The molecule has 0 fully saturated rings. The maximum atomic E-state index is 5.77. The molecular formula is C14H20N4S. The first-order valence-electron chi connectivity index (χ1n) is 6.55. The van der Waals surface area contributed by atoms with Crippen molar-refractivity contribution in [3.63, 3.8) is 0 Å². The molecule has 0 spiro atoms. The van der Waals surface area contributed by atoms with E-state index in [1.807, 2.05) is 30.0 Å². The van der Waals surface area contributed by atoms with Crippen molar-refractivity contribution in [3.05, 3.63) is 24.5 Å². The van der Waals surface area contributed by atoms with E-state index in [9.17, 15) is 0 Å². The summed E-state index contributed by atoms with van der Waals surface area (Å²) in [5.74, 6) is 3.22. The lowest BCUT2D eigenvalue weighted by Gasteiger charge is -2.15. The Balaban J connectivity index is 2.12. The zero-order valence-electron chi connectivity index (χ0n) is 11.4. The number of rotatable bonds is 6. The fraction of sp³-hybridized carbons (Fsp3) is 0.429. The highest BCUT2D eigenvalue weighted by Crippen LogP contribution is 2.22. The third kappa shape index (κ3) is 3.73. The first-order chi connectivity index (χ1) is 9.20. The Morgan fingerprint density at radius 3 is 3.00 bits per heavy atom. The van der Waals surface area contributed by atoms with Crippen molar-refractivity contribution < 1.29 is 0 Å². The zero-order valence-corrected chi connectivity index (χ0v) is 12.2. The average Bonchev–Trinajstić information content (AvgIpc) is 2.39. The van der Waals surface area contributed by atoms with Crippen LogP contribution >= 0.6 is 11.8 Å². The van der Waals surface area contributed by atoms with E-state index in [4.69, 9.17) is 5.73 Å². The van der Waals surface area contributed by atoms with Gasteiger partial charge in [-0.2, -0.15) is 11.8 Å². The monoisotopic (exact) mass is 276 g/mol. The van der Waals surface area contributed by atoms with Crippen molar-refractivity contribution in [3.8, 4) is 0 Å². The molecule has 0 amide bonds. The van der Waals surface area contributed by atoms with Crippen LogP contribution in [-0.4, -0.2) is 27.5 Å². The molecule has 1 atom stereocenters. The number of fused-ring (bicyclic) bond motifs is 1. The molecule has 0 aliphatic heterocycles. The van der Waals surface area contributed by atoms with Crippen LogP contribution in [0.1, 0.15) is 20.3 Å². The van der Waals surface area contributed by atoms with Crippen LogP contribution in [0.4, 0.5) is 11.5 Å². The molecule has 0 radical (unpaired) electrons. The van der Waals surface area contributed by atoms with E-state index < -0.39 is 0 Å². The molecule has 2 rings (SSSR count). The van der Waals surface area contributed by atoms with Crippen molar-refractivity contribution in [1.82, 2.24) is 9.97 Å². The van der Waals surface area contributed by atoms with Crippen molar-refractivity contribution in [2.24, 2.45) is 0 Å². The van der Waals surface area contributed by atoms with Gasteiger partial charge in [0, 0.05) is 17.1 Å². The van der Waals surface area contributed by atoms with Crippen LogP contribution in [0.5, 0.6) is 0 Å². The fourth-order valence-electron chi connectivity index (χ4n) is 1.90. The van der Waals surface area contributed by atoms with Gasteiger partial charge in [0.05, 0.1) is 5.52 Å². The summed E-state index contributed by atoms with van der Waals surface area (Å²) in [7, 11) is 0. The fourth-order valence-corrected chi connectivity index (χ4v) is 2.71. The molecule has 0 saturated heterocycles. The molecule has 5 heteroatoms. The summed E-state index contributed by atoms with van der Waals surface area (Å²) in [6.07, 6.45) is 2.70. The highest BCUT2D eigenvalue weighted by molar-refractivity contribution is 7.99. The number of nitrogens with zero attached hydrogens (tertiary/aromatic N) is 2. The van der Waals surface area contributed by atoms with Crippen LogP contribution in [-0.2, 0) is 0 Å². The SMILES string of the molecule is CCSCCC(C)Nc1ncnc2cc(N)ccc12. The topological polar surface area (TPSA) is 63.8 Å². The molecule has 1 aromatic heterocycles. The summed E-state index contributed by atoms with van der Waals surface area (Å²) in [6.45, 7) is 4.37. The Bertz CT molecular complexity index is 544. The third-order valence-corrected chi connectivity index (χ3v) is 3.88. The Hall–Kier alpha value is -1.49. The molecule has 4 nitrogen and oxygen atoms in total. The van der Waals surface area contributed by atoms with Crippen LogP contribution in [0.3, 0.4) is 0 Å². The molecule has 2 aromatic rings. The van der Waals surface area contributed by atoms with E-state index in [1.165, 1.54) is 11.5 Å². The van der Waals surface area contributed by atoms with E-state index in [-0.39, 0.29) is 0 Å². The molecule has 0 saturated carbocycles. The average molecular weight is 276 g/mol. The zero-order chi connectivity index (χ0) is 13.7. The van der Waals surface area contributed by atoms with Gasteiger partial charge >= 0.3 is 0 Å². The van der Waals surface area contributed by atoms with E-state index >= 15 is 0 Å². The minimum Gasteiger partial charge on any atom is -0.399 e. The van der Waals surface area contributed by atoms with E-state index in [0.29, 0.717) is 6.04 Å². The summed E-state index contributed by atoms with van der Waals surface area (Å²) in [4.78, 5) is 8.59. The van der Waals surface area contributed by atoms with Gasteiger partial charge in [-0.05, 0) is 43.0 Å². The minimum atomic E-state index is 0.398. The molecule has 19 heavy (non-hydrogen) atoms. The number of benzene rings is 1. The number of nitrogens with one attached hydrogen (secondary N) is 1. The number of thioether (sulfide) groups is 1. The highest BCUT2D eigenvalue weighted by atomic mass is 32.2. The maximum Gasteiger partial charge on any atom is 0.137 e. The third-order valence-electron chi connectivity index (χ3n) is 2.94. The van der Waals surface area contributed by atoms with E-state index in [0.717, 1.165) is 28.8 Å². The number of hydrogen-bond donors (Lipinski definition) is 2. The van der Waals surface area contributed by atoms with Gasteiger partial charge in [-0.1, -0.05) is 6.92 Å². The predicted molar refractivity (Wildman–Crippen MR) is 84.7 cm³/mol. The van der Waals surface area contributed by atoms with Gasteiger partial charge < -0.3 is 11.1 Å². The molecule has 102 valence electrons. The number of anilines is 2. The quantitative estimate of drug-likeness (QED) is 0.627. The van der Waals surface area contributed by atoms with Crippen LogP contribution < -0.4 is 11.1 Å². The van der Waals surface area contributed by atoms with Gasteiger partial charge in [-0.25, -0.2) is 9.97 Å². The Morgan fingerprint density at radius 1 is 1.37 bits per heavy atom. The Morgan fingerprint density at radius 2 is 2.21 bits per heavy atom. The summed E-state index contributed by atoms with van der Waals surface area (Å²) in [5.41, 5.74) is 7.38. The Kier molecular flexibility index (Phi) is 4.85. The smallest absolute Gasteiger partial charge is 0.137 e. The van der Waals surface area contributed by atoms with Crippen molar-refractivity contribution in [2.45, 2.75) is 26.3 Å². The maximum absolute atomic E-state index is 5.77. The molecule has 0 aliphatic carbocycles. The van der Waals surface area contributed by atoms with Gasteiger partial charge in [-0.3, -0.25) is 0 Å². The lowest BCUT2D eigenvalue weighted by atomic mass is 10.2. The highest BCUT2D eigenvalue weighted by Gasteiger charge is 2.07. The van der Waals surface area contributed by atoms with Crippen molar-refractivity contribution in [2.75, 3.05) is 22.6 Å². The van der Waals surface area contributed by atoms with Crippen molar-refractivity contribution >= 4 is 34.2 Å². The molecule has 0 bridgehead atoms. The number of nitrogens with two attached hydrogens (primary N) is 1. The standard InChI is InChI=1S/C14H20N4S/c1-3-19-7-6-10(2)18-14-12-5-4-11(15)8-13(12)16-9-17-14/h4-5,8-10H,3,6-7,15H2,1-2H3,(H,16,17,18). The predicted octanol–water partition coefficient (Wildman–Crippen LogP) is 3.16. The number of hydrogen-bond acceptors (Lipinski definition) is 5. The van der Waals surface area contributed by atoms with Gasteiger partial charge in [0.1, 0.15) is 12.1 Å². The second-order valence-corrected chi connectivity index (χ2v) is 5.92. The van der Waals surface area contributed by atoms with Crippen LogP contribution in [0.2, 0.25) is 0 Å². The van der Waals surface area contributed by atoms with Gasteiger partial charge in [0.15, 0.2) is 0 Å². The van der Waals surface area contributed by atoms with E-state index in [2.05, 4.69) is 29.1 Å². The number of nitrogen functional groups attached to an aromatic ring is 1. The van der Waals surface area contributed by atoms with Crippen LogP contribution in [0.25, 0.3) is 10.9 Å². The molecule has 1 unspecified atom stereocenters. The lowest BCUT2D eigenvalue weighted by Crippen LogP contribution is -2.17. The molecule has 3 N–H and O–H groups in total. The molecule has 1 aromatic carbocycles. The first kappa shape index (κ1) is 13.9. The van der Waals surface area contributed by atoms with Crippen LogP contribution in [0.15, 0.2) is 24.5 Å². The first-order valence-corrected chi connectivity index (χ1v) is 7.70. The normalized spacial score (nSPS) is 12.5. The summed E-state index contributed by atoms with van der Waals surface area (Å²) in [5, 5.41) is 4.48. The minimum absolute atomic E-state index is 0.398. The van der Waals surface area contributed by atoms with Gasteiger partial charge in [-0.15, -0.1) is 0 Å². The van der Waals surface area contributed by atoms with Gasteiger partial charge in [0.25, 0.3) is 0 Å². The number of aromatic nitrogens is 2. The van der Waals surface area contributed by atoms with E-state index in [1.54, 1.807) is 6.33 Å². The Labute approximate surface area is 118 Å². The van der Waals surface area contributed by atoms with Gasteiger partial charge in [0.2, 0.25) is 0 Å². The molecular weight excluding hydrogens is 256 g/mol. The summed E-state index contributed by atoms with van der Waals surface area (Å²) < 4.78 is 0. The summed E-state index contributed by atoms with van der Waals surface area (Å²) in [6, 6.07) is 6.13. The van der Waals surface area contributed by atoms with Crippen LogP contribution in [0, 0.1) is 0 Å². The summed E-state index contributed by atoms with van der Waals surface area (Å²) >= 11 is 1.96. The second kappa shape index (κ2) is 6.61. The lowest BCUT2D eigenvalue weighted by molar-refractivity contribution is 0.767. The van der Waals surface area contributed by atoms with Crippen molar-refractivity contribution in [1.29, 1.82) is 0 Å². The largest absolute Gasteiger partial charge is 0.399 e.